The van der Waals surface area contributed by atoms with Gasteiger partial charge in [-0.2, -0.15) is 0 Å². The van der Waals surface area contributed by atoms with Gasteiger partial charge in [0.2, 0.25) is 5.91 Å². The predicted molar refractivity (Wildman–Crippen MR) is 92.7 cm³/mol. The van der Waals surface area contributed by atoms with Gasteiger partial charge in [0.25, 0.3) is 5.91 Å². The van der Waals surface area contributed by atoms with Gasteiger partial charge in [0, 0.05) is 12.0 Å². The molecule has 0 spiro atoms. The van der Waals surface area contributed by atoms with E-state index in [2.05, 4.69) is 16.0 Å². The molecule has 0 bridgehead atoms. The molecule has 1 rings (SSSR count). The van der Waals surface area contributed by atoms with Crippen LogP contribution in [0.1, 0.15) is 44.0 Å². The van der Waals surface area contributed by atoms with Crippen LogP contribution in [0.2, 0.25) is 0 Å². The average Bonchev–Trinajstić information content (AvgIpc) is 2.37. The second-order valence-corrected chi connectivity index (χ2v) is 6.00. The van der Waals surface area contributed by atoms with Crippen LogP contribution >= 0.6 is 12.4 Å². The average molecular weight is 328 g/mol. The van der Waals surface area contributed by atoms with E-state index in [1.54, 1.807) is 24.3 Å². The summed E-state index contributed by atoms with van der Waals surface area (Å²) in [6.45, 7) is 6.55. The molecule has 0 aliphatic rings. The van der Waals surface area contributed by atoms with E-state index in [0.29, 0.717) is 17.7 Å². The number of nitrogens with one attached hydrogen (secondary N) is 3. The number of hydrogen-bond acceptors (Lipinski definition) is 3. The monoisotopic (exact) mass is 327 g/mol. The summed E-state index contributed by atoms with van der Waals surface area (Å²) in [6.07, 6.45) is 1.19. The Morgan fingerprint density at radius 3 is 2.36 bits per heavy atom. The van der Waals surface area contributed by atoms with Crippen LogP contribution in [0.3, 0.4) is 0 Å². The Labute approximate surface area is 138 Å². The van der Waals surface area contributed by atoms with Crippen LogP contribution in [0.5, 0.6) is 0 Å². The molecule has 0 radical (unpaired) electrons. The van der Waals surface area contributed by atoms with Crippen molar-refractivity contribution in [2.24, 2.45) is 0 Å². The van der Waals surface area contributed by atoms with E-state index in [1.165, 1.54) is 0 Å². The molecule has 0 fully saturated rings. The lowest BCUT2D eigenvalue weighted by Crippen LogP contribution is -2.40. The maximum Gasteiger partial charge on any atom is 0.253 e. The summed E-state index contributed by atoms with van der Waals surface area (Å²) in [4.78, 5) is 24.1. The summed E-state index contributed by atoms with van der Waals surface area (Å²) in [5, 5.41) is 8.71. The van der Waals surface area contributed by atoms with Gasteiger partial charge < -0.3 is 16.0 Å². The molecular formula is C16H26ClN3O2. The van der Waals surface area contributed by atoms with Crippen LogP contribution in [-0.4, -0.2) is 30.9 Å². The van der Waals surface area contributed by atoms with Crippen molar-refractivity contribution in [2.45, 2.75) is 39.2 Å². The lowest BCUT2D eigenvalue weighted by atomic mass is 10.1. The highest BCUT2D eigenvalue weighted by Crippen LogP contribution is 2.16. The SMILES string of the molecule is CNCCCC(=O)Nc1ccccc1C(=O)NC(C)(C)C.Cl. The van der Waals surface area contributed by atoms with Gasteiger partial charge in [-0.25, -0.2) is 0 Å². The smallest absolute Gasteiger partial charge is 0.253 e. The topological polar surface area (TPSA) is 70.2 Å². The highest BCUT2D eigenvalue weighted by atomic mass is 35.5. The molecule has 3 N–H and O–H groups in total. The van der Waals surface area contributed by atoms with E-state index in [-0.39, 0.29) is 29.8 Å². The van der Waals surface area contributed by atoms with Crippen LogP contribution in [0.4, 0.5) is 5.69 Å². The van der Waals surface area contributed by atoms with Crippen LogP contribution in [-0.2, 0) is 4.79 Å². The Morgan fingerprint density at radius 1 is 1.14 bits per heavy atom. The van der Waals surface area contributed by atoms with Crippen LogP contribution < -0.4 is 16.0 Å². The normalized spacial score (nSPS) is 10.5. The zero-order valence-corrected chi connectivity index (χ0v) is 14.5. The number of hydrogen-bond donors (Lipinski definition) is 3. The lowest BCUT2D eigenvalue weighted by molar-refractivity contribution is -0.116. The molecule has 0 saturated carbocycles. The summed E-state index contributed by atoms with van der Waals surface area (Å²) < 4.78 is 0. The molecule has 0 aromatic heterocycles. The molecule has 1 aromatic carbocycles. The first kappa shape index (κ1) is 20.4. The minimum atomic E-state index is -0.318. The van der Waals surface area contributed by atoms with E-state index in [0.717, 1.165) is 13.0 Å². The fraction of sp³-hybridized carbons (Fsp3) is 0.500. The van der Waals surface area contributed by atoms with E-state index >= 15 is 0 Å². The Hall–Kier alpha value is -1.59. The van der Waals surface area contributed by atoms with Gasteiger partial charge in [-0.1, -0.05) is 12.1 Å². The molecule has 1 aromatic rings. The van der Waals surface area contributed by atoms with Gasteiger partial charge in [-0.3, -0.25) is 9.59 Å². The van der Waals surface area contributed by atoms with Crippen molar-refractivity contribution in [1.29, 1.82) is 0 Å². The number of amides is 2. The van der Waals surface area contributed by atoms with E-state index in [9.17, 15) is 9.59 Å². The Balaban J connectivity index is 0.00000441. The van der Waals surface area contributed by atoms with Gasteiger partial charge in [0.15, 0.2) is 0 Å². The highest BCUT2D eigenvalue weighted by molar-refractivity contribution is 6.03. The first-order valence-electron chi connectivity index (χ1n) is 7.19. The molecule has 5 nitrogen and oxygen atoms in total. The fourth-order valence-electron chi connectivity index (χ4n) is 1.84. The predicted octanol–water partition coefficient (Wildman–Crippen LogP) is 2.57. The van der Waals surface area contributed by atoms with E-state index in [4.69, 9.17) is 0 Å². The molecule has 0 aliphatic carbocycles. The van der Waals surface area contributed by atoms with Gasteiger partial charge in [-0.05, 0) is 52.9 Å². The Morgan fingerprint density at radius 2 is 1.77 bits per heavy atom. The quantitative estimate of drug-likeness (QED) is 0.703. The molecule has 0 aliphatic heterocycles. The zero-order chi connectivity index (χ0) is 15.9. The van der Waals surface area contributed by atoms with Crippen molar-refractivity contribution < 1.29 is 9.59 Å². The maximum atomic E-state index is 12.3. The molecule has 22 heavy (non-hydrogen) atoms. The first-order chi connectivity index (χ1) is 9.83. The highest BCUT2D eigenvalue weighted by Gasteiger charge is 2.18. The van der Waals surface area contributed by atoms with Crippen molar-refractivity contribution in [1.82, 2.24) is 10.6 Å². The van der Waals surface area contributed by atoms with Crippen LogP contribution in [0.15, 0.2) is 24.3 Å². The van der Waals surface area contributed by atoms with Gasteiger partial charge in [-0.15, -0.1) is 12.4 Å². The minimum absolute atomic E-state index is 0. The third kappa shape index (κ3) is 7.43. The van der Waals surface area contributed by atoms with E-state index < -0.39 is 0 Å². The van der Waals surface area contributed by atoms with Crippen molar-refractivity contribution in [2.75, 3.05) is 18.9 Å². The second kappa shape index (κ2) is 9.43. The molecule has 6 heteroatoms. The molecule has 2 amide bonds. The lowest BCUT2D eigenvalue weighted by Gasteiger charge is -2.21. The van der Waals surface area contributed by atoms with Crippen molar-refractivity contribution in [3.8, 4) is 0 Å². The van der Waals surface area contributed by atoms with Crippen molar-refractivity contribution in [3.63, 3.8) is 0 Å². The number of carbonyl (C=O) groups excluding carboxylic acids is 2. The van der Waals surface area contributed by atoms with E-state index in [1.807, 2.05) is 27.8 Å². The maximum absolute atomic E-state index is 12.3. The van der Waals surface area contributed by atoms with Gasteiger partial charge in [0.1, 0.15) is 0 Å². The van der Waals surface area contributed by atoms with Crippen LogP contribution in [0, 0.1) is 0 Å². The first-order valence-corrected chi connectivity index (χ1v) is 7.19. The molecule has 0 unspecified atom stereocenters. The summed E-state index contributed by atoms with van der Waals surface area (Å²) in [5.41, 5.74) is 0.712. The summed E-state index contributed by atoms with van der Waals surface area (Å²) >= 11 is 0. The number of para-hydroxylation sites is 1. The fourth-order valence-corrected chi connectivity index (χ4v) is 1.84. The standard InChI is InChI=1S/C16H25N3O2.ClH/c1-16(2,3)19-15(21)12-8-5-6-9-13(12)18-14(20)10-7-11-17-4;/h5-6,8-9,17H,7,10-11H2,1-4H3,(H,18,20)(H,19,21);1H. The number of carbonyl (C=O) groups is 2. The van der Waals surface area contributed by atoms with Crippen molar-refractivity contribution >= 4 is 29.9 Å². The largest absolute Gasteiger partial charge is 0.347 e. The van der Waals surface area contributed by atoms with Gasteiger partial charge in [0.05, 0.1) is 11.3 Å². The van der Waals surface area contributed by atoms with Crippen LogP contribution in [0.25, 0.3) is 0 Å². The van der Waals surface area contributed by atoms with Crippen molar-refractivity contribution in [3.05, 3.63) is 29.8 Å². The number of benzene rings is 1. The number of halogens is 1. The summed E-state index contributed by atoms with van der Waals surface area (Å²) in [5.74, 6) is -0.269. The second-order valence-electron chi connectivity index (χ2n) is 6.00. The molecular weight excluding hydrogens is 302 g/mol. The minimum Gasteiger partial charge on any atom is -0.347 e. The third-order valence-electron chi connectivity index (χ3n) is 2.76. The Kier molecular flexibility index (Phi) is 8.75. The molecule has 0 saturated heterocycles. The zero-order valence-electron chi connectivity index (χ0n) is 13.7. The number of rotatable bonds is 6. The molecule has 0 atom stereocenters. The summed E-state index contributed by atoms with van der Waals surface area (Å²) in [6, 6.07) is 7.04. The Bertz CT molecular complexity index is 498. The van der Waals surface area contributed by atoms with Gasteiger partial charge >= 0.3 is 0 Å². The molecule has 124 valence electrons. The number of anilines is 1. The summed E-state index contributed by atoms with van der Waals surface area (Å²) in [7, 11) is 1.85. The third-order valence-corrected chi connectivity index (χ3v) is 2.76. The molecule has 0 heterocycles.